The van der Waals surface area contributed by atoms with Gasteiger partial charge in [0.2, 0.25) is 5.95 Å². The normalized spacial score (nSPS) is 22.1. The zero-order valence-electron chi connectivity index (χ0n) is 11.9. The van der Waals surface area contributed by atoms with Crippen LogP contribution in [0.3, 0.4) is 0 Å². The number of rotatable bonds is 4. The van der Waals surface area contributed by atoms with E-state index in [0.29, 0.717) is 0 Å². The third kappa shape index (κ3) is 3.65. The first-order valence-electron chi connectivity index (χ1n) is 7.46. The number of ether oxygens (including phenoxy) is 1. The Morgan fingerprint density at radius 2 is 1.45 bits per heavy atom. The van der Waals surface area contributed by atoms with E-state index in [2.05, 4.69) is 24.7 Å². The summed E-state index contributed by atoms with van der Waals surface area (Å²) in [5.74, 6) is 0.861. The number of hydrogen-bond acceptors (Lipinski definition) is 6. The molecule has 6 nitrogen and oxygen atoms in total. The summed E-state index contributed by atoms with van der Waals surface area (Å²) in [5, 5.41) is 0. The van der Waals surface area contributed by atoms with Gasteiger partial charge in [-0.2, -0.15) is 0 Å². The monoisotopic (exact) mass is 277 g/mol. The molecule has 0 saturated carbocycles. The summed E-state index contributed by atoms with van der Waals surface area (Å²) < 4.78 is 5.38. The van der Waals surface area contributed by atoms with Gasteiger partial charge in [-0.25, -0.2) is 9.97 Å². The van der Waals surface area contributed by atoms with Gasteiger partial charge in [0.1, 0.15) is 0 Å². The molecule has 2 aliphatic rings. The molecule has 0 N–H and O–H groups in total. The van der Waals surface area contributed by atoms with Gasteiger partial charge >= 0.3 is 0 Å². The maximum absolute atomic E-state index is 5.38. The maximum atomic E-state index is 5.38. The van der Waals surface area contributed by atoms with Crippen molar-refractivity contribution in [3.8, 4) is 0 Å². The molecule has 1 aromatic rings. The molecule has 0 aliphatic carbocycles. The Bertz CT molecular complexity index is 388. The predicted octanol–water partition coefficient (Wildman–Crippen LogP) is -0.0692. The van der Waals surface area contributed by atoms with Crippen molar-refractivity contribution in [3.63, 3.8) is 0 Å². The maximum Gasteiger partial charge on any atom is 0.225 e. The molecule has 2 saturated heterocycles. The van der Waals surface area contributed by atoms with Gasteiger partial charge in [-0.15, -0.1) is 0 Å². The van der Waals surface area contributed by atoms with Crippen LogP contribution in [0.25, 0.3) is 0 Å². The van der Waals surface area contributed by atoms with Gasteiger partial charge in [0.15, 0.2) is 0 Å². The Balaban J connectivity index is 1.40. The van der Waals surface area contributed by atoms with Gasteiger partial charge in [-0.05, 0) is 6.07 Å². The topological polar surface area (TPSA) is 44.7 Å². The predicted molar refractivity (Wildman–Crippen MR) is 77.9 cm³/mol. The van der Waals surface area contributed by atoms with E-state index in [4.69, 9.17) is 4.74 Å². The molecule has 0 unspecified atom stereocenters. The van der Waals surface area contributed by atoms with E-state index in [0.717, 1.165) is 71.5 Å². The van der Waals surface area contributed by atoms with Crippen LogP contribution >= 0.6 is 0 Å². The molecule has 0 aromatic carbocycles. The largest absolute Gasteiger partial charge is 0.379 e. The number of anilines is 1. The first-order chi connectivity index (χ1) is 9.92. The fraction of sp³-hybridized carbons (Fsp3) is 0.714. The number of nitrogens with zero attached hydrogens (tertiary/aromatic N) is 5. The van der Waals surface area contributed by atoms with Gasteiger partial charge in [0.05, 0.1) is 13.2 Å². The molecule has 0 bridgehead atoms. The van der Waals surface area contributed by atoms with E-state index in [1.54, 1.807) is 0 Å². The van der Waals surface area contributed by atoms with E-state index in [1.165, 1.54) is 0 Å². The second kappa shape index (κ2) is 6.97. The number of hydrogen-bond donors (Lipinski definition) is 0. The highest BCUT2D eigenvalue weighted by atomic mass is 16.5. The molecule has 3 heterocycles. The van der Waals surface area contributed by atoms with Crippen LogP contribution in [0.2, 0.25) is 0 Å². The Morgan fingerprint density at radius 3 is 2.10 bits per heavy atom. The summed E-state index contributed by atoms with van der Waals surface area (Å²) in [5.41, 5.74) is 0. The minimum absolute atomic E-state index is 0.861. The minimum atomic E-state index is 0.861. The van der Waals surface area contributed by atoms with Crippen LogP contribution in [0, 0.1) is 0 Å². The average Bonchev–Trinajstić information content (AvgIpc) is 2.55. The molecule has 110 valence electrons. The Kier molecular flexibility index (Phi) is 4.78. The van der Waals surface area contributed by atoms with Gasteiger partial charge in [-0.3, -0.25) is 9.80 Å². The van der Waals surface area contributed by atoms with Crippen molar-refractivity contribution in [1.82, 2.24) is 19.8 Å². The summed E-state index contributed by atoms with van der Waals surface area (Å²) in [6, 6.07) is 1.86. The average molecular weight is 277 g/mol. The summed E-state index contributed by atoms with van der Waals surface area (Å²) in [6.45, 7) is 10.5. The molecular weight excluding hydrogens is 254 g/mol. The van der Waals surface area contributed by atoms with Gasteiger partial charge in [-0.1, -0.05) is 0 Å². The highest BCUT2D eigenvalue weighted by Gasteiger charge is 2.19. The molecule has 20 heavy (non-hydrogen) atoms. The van der Waals surface area contributed by atoms with Gasteiger partial charge < -0.3 is 9.64 Å². The highest BCUT2D eigenvalue weighted by Crippen LogP contribution is 2.09. The molecule has 6 heteroatoms. The van der Waals surface area contributed by atoms with E-state index in [9.17, 15) is 0 Å². The zero-order valence-corrected chi connectivity index (χ0v) is 11.9. The fourth-order valence-electron chi connectivity index (χ4n) is 2.73. The standard InChI is InChI=1S/C14H23N5O/c1-2-15-14(16-3-1)19-8-6-17(7-9-19)4-5-18-10-12-20-13-11-18/h1-3H,4-13H2. The van der Waals surface area contributed by atoms with Crippen LogP contribution in [0.15, 0.2) is 18.5 Å². The molecule has 2 aliphatic heterocycles. The van der Waals surface area contributed by atoms with Crippen LogP contribution < -0.4 is 4.90 Å². The lowest BCUT2D eigenvalue weighted by Gasteiger charge is -2.36. The molecule has 2 fully saturated rings. The Morgan fingerprint density at radius 1 is 0.850 bits per heavy atom. The van der Waals surface area contributed by atoms with Crippen LogP contribution in [-0.4, -0.2) is 85.3 Å². The molecule has 0 spiro atoms. The lowest BCUT2D eigenvalue weighted by molar-refractivity contribution is 0.0331. The summed E-state index contributed by atoms with van der Waals surface area (Å²) in [6.07, 6.45) is 3.63. The van der Waals surface area contributed by atoms with E-state index in [-0.39, 0.29) is 0 Å². The quantitative estimate of drug-likeness (QED) is 0.768. The van der Waals surface area contributed by atoms with E-state index in [1.807, 2.05) is 18.5 Å². The molecule has 0 radical (unpaired) electrons. The Hall–Kier alpha value is -1.24. The van der Waals surface area contributed by atoms with Crippen LogP contribution in [-0.2, 0) is 4.74 Å². The van der Waals surface area contributed by atoms with Crippen molar-refractivity contribution in [1.29, 1.82) is 0 Å². The molecule has 1 aromatic heterocycles. The van der Waals surface area contributed by atoms with E-state index >= 15 is 0 Å². The summed E-state index contributed by atoms with van der Waals surface area (Å²) >= 11 is 0. The number of morpholine rings is 1. The third-order valence-electron chi connectivity index (χ3n) is 4.04. The number of piperazine rings is 1. The van der Waals surface area contributed by atoms with E-state index < -0.39 is 0 Å². The summed E-state index contributed by atoms with van der Waals surface area (Å²) in [4.78, 5) is 15.9. The van der Waals surface area contributed by atoms with Crippen LogP contribution in [0.5, 0.6) is 0 Å². The zero-order chi connectivity index (χ0) is 13.6. The van der Waals surface area contributed by atoms with Crippen molar-refractivity contribution in [3.05, 3.63) is 18.5 Å². The molecule has 3 rings (SSSR count). The van der Waals surface area contributed by atoms with Gasteiger partial charge in [0.25, 0.3) is 0 Å². The number of aromatic nitrogens is 2. The van der Waals surface area contributed by atoms with Crippen LogP contribution in [0.4, 0.5) is 5.95 Å². The van der Waals surface area contributed by atoms with Crippen molar-refractivity contribution in [2.45, 2.75) is 0 Å². The minimum Gasteiger partial charge on any atom is -0.379 e. The molecular formula is C14H23N5O. The SMILES string of the molecule is c1cnc(N2CCN(CCN3CCOCC3)CC2)nc1. The van der Waals surface area contributed by atoms with Crippen LogP contribution in [0.1, 0.15) is 0 Å². The Labute approximate surface area is 120 Å². The second-order valence-corrected chi connectivity index (χ2v) is 5.33. The fourth-order valence-corrected chi connectivity index (χ4v) is 2.73. The van der Waals surface area contributed by atoms with Gasteiger partial charge in [0, 0.05) is 64.8 Å². The van der Waals surface area contributed by atoms with Crippen molar-refractivity contribution in [2.75, 3.05) is 70.5 Å². The lowest BCUT2D eigenvalue weighted by atomic mass is 10.3. The van der Waals surface area contributed by atoms with Crippen molar-refractivity contribution in [2.24, 2.45) is 0 Å². The van der Waals surface area contributed by atoms with Crippen molar-refractivity contribution < 1.29 is 4.74 Å². The molecule has 0 amide bonds. The first-order valence-corrected chi connectivity index (χ1v) is 7.46. The summed E-state index contributed by atoms with van der Waals surface area (Å²) in [7, 11) is 0. The highest BCUT2D eigenvalue weighted by molar-refractivity contribution is 5.29. The van der Waals surface area contributed by atoms with Crippen molar-refractivity contribution >= 4 is 5.95 Å². The smallest absolute Gasteiger partial charge is 0.225 e. The third-order valence-corrected chi connectivity index (χ3v) is 4.04. The lowest BCUT2D eigenvalue weighted by Crippen LogP contribution is -2.49. The first kappa shape index (κ1) is 13.7. The second-order valence-electron chi connectivity index (χ2n) is 5.33. The molecule has 0 atom stereocenters.